The first-order chi connectivity index (χ1) is 11.6. The maximum absolute atomic E-state index is 12.4. The molecule has 2 amide bonds. The summed E-state index contributed by atoms with van der Waals surface area (Å²) in [7, 11) is 0. The third-order valence-electron chi connectivity index (χ3n) is 4.13. The van der Waals surface area contributed by atoms with Crippen LogP contribution in [0.1, 0.15) is 19.8 Å². The predicted molar refractivity (Wildman–Crippen MR) is 90.8 cm³/mol. The summed E-state index contributed by atoms with van der Waals surface area (Å²) in [6.07, 6.45) is 1.30. The minimum atomic E-state index is -0.524. The molecule has 24 heavy (non-hydrogen) atoms. The van der Waals surface area contributed by atoms with E-state index >= 15 is 0 Å². The molecular formula is C17H25N3O4. The Balaban J connectivity index is 1.78. The molecule has 1 saturated heterocycles. The number of carbonyl (C=O) groups is 2. The van der Waals surface area contributed by atoms with Crippen LogP contribution >= 0.6 is 0 Å². The van der Waals surface area contributed by atoms with E-state index in [2.05, 4.69) is 10.6 Å². The third kappa shape index (κ3) is 4.94. The maximum atomic E-state index is 12.4. The fraction of sp³-hybridized carbons (Fsp3) is 0.529. The highest BCUT2D eigenvalue weighted by atomic mass is 16.5. The van der Waals surface area contributed by atoms with Gasteiger partial charge in [0.2, 0.25) is 11.8 Å². The van der Waals surface area contributed by atoms with Crippen molar-refractivity contribution in [1.29, 1.82) is 0 Å². The lowest BCUT2D eigenvalue weighted by Gasteiger charge is -2.34. The van der Waals surface area contributed by atoms with Crippen molar-refractivity contribution in [2.75, 3.05) is 38.2 Å². The van der Waals surface area contributed by atoms with Crippen LogP contribution in [-0.4, -0.2) is 44.7 Å². The zero-order valence-corrected chi connectivity index (χ0v) is 14.0. The van der Waals surface area contributed by atoms with Gasteiger partial charge in [0.15, 0.2) is 0 Å². The lowest BCUT2D eigenvalue weighted by molar-refractivity contribution is -0.136. The van der Waals surface area contributed by atoms with Gasteiger partial charge in [0.1, 0.15) is 12.4 Å². The average molecular weight is 335 g/mol. The zero-order valence-electron chi connectivity index (χ0n) is 14.0. The van der Waals surface area contributed by atoms with Gasteiger partial charge in [-0.1, -0.05) is 6.07 Å². The normalized spacial score (nSPS) is 16.2. The predicted octanol–water partition coefficient (Wildman–Crippen LogP) is 0.895. The van der Waals surface area contributed by atoms with Crippen LogP contribution in [0, 0.1) is 5.41 Å². The van der Waals surface area contributed by atoms with Crippen molar-refractivity contribution in [2.24, 2.45) is 11.1 Å². The molecule has 0 aliphatic carbocycles. The Morgan fingerprint density at radius 2 is 2.08 bits per heavy atom. The molecule has 1 aliphatic rings. The summed E-state index contributed by atoms with van der Waals surface area (Å²) in [6.45, 7) is 3.64. The van der Waals surface area contributed by atoms with E-state index in [1.54, 1.807) is 24.3 Å². The van der Waals surface area contributed by atoms with E-state index in [-0.39, 0.29) is 11.8 Å². The van der Waals surface area contributed by atoms with Crippen molar-refractivity contribution < 1.29 is 19.1 Å². The van der Waals surface area contributed by atoms with Gasteiger partial charge in [0.25, 0.3) is 0 Å². The number of ether oxygens (including phenoxy) is 2. The van der Waals surface area contributed by atoms with E-state index < -0.39 is 5.41 Å². The number of amides is 2. The Kier molecular flexibility index (Phi) is 6.57. The fourth-order valence-corrected chi connectivity index (χ4v) is 2.67. The van der Waals surface area contributed by atoms with Crippen LogP contribution in [0.5, 0.6) is 5.75 Å². The second-order valence-electron chi connectivity index (χ2n) is 5.91. The molecule has 1 heterocycles. The van der Waals surface area contributed by atoms with Crippen molar-refractivity contribution in [3.63, 3.8) is 0 Å². The van der Waals surface area contributed by atoms with Gasteiger partial charge in [0, 0.05) is 38.4 Å². The van der Waals surface area contributed by atoms with Crippen molar-refractivity contribution in [2.45, 2.75) is 19.8 Å². The molecule has 0 radical (unpaired) electrons. The molecule has 132 valence electrons. The van der Waals surface area contributed by atoms with Crippen LogP contribution in [0.25, 0.3) is 0 Å². The first-order valence-corrected chi connectivity index (χ1v) is 8.12. The van der Waals surface area contributed by atoms with E-state index in [4.69, 9.17) is 15.2 Å². The number of hydrogen-bond acceptors (Lipinski definition) is 5. The molecule has 0 aromatic heterocycles. The molecule has 0 unspecified atom stereocenters. The molecule has 4 N–H and O–H groups in total. The summed E-state index contributed by atoms with van der Waals surface area (Å²) >= 11 is 0. The topological polar surface area (TPSA) is 103 Å². The highest BCUT2D eigenvalue weighted by Gasteiger charge is 2.38. The smallest absolute Gasteiger partial charge is 0.227 e. The van der Waals surface area contributed by atoms with Gasteiger partial charge in [-0.3, -0.25) is 9.59 Å². The summed E-state index contributed by atoms with van der Waals surface area (Å²) in [5.74, 6) is 0.460. The monoisotopic (exact) mass is 335 g/mol. The van der Waals surface area contributed by atoms with E-state index in [0.717, 1.165) is 0 Å². The molecule has 7 nitrogen and oxygen atoms in total. The lowest BCUT2D eigenvalue weighted by atomic mass is 9.79. The van der Waals surface area contributed by atoms with Gasteiger partial charge in [-0.15, -0.1) is 0 Å². The quantitative estimate of drug-likeness (QED) is 0.642. The van der Waals surface area contributed by atoms with Crippen molar-refractivity contribution in [1.82, 2.24) is 5.32 Å². The molecule has 7 heteroatoms. The molecule has 1 aromatic rings. The van der Waals surface area contributed by atoms with E-state index in [0.29, 0.717) is 57.2 Å². The number of rotatable bonds is 7. The number of nitrogens with two attached hydrogens (primary N) is 1. The van der Waals surface area contributed by atoms with Crippen LogP contribution in [0.3, 0.4) is 0 Å². The maximum Gasteiger partial charge on any atom is 0.227 e. The van der Waals surface area contributed by atoms with Gasteiger partial charge in [0.05, 0.1) is 12.0 Å². The van der Waals surface area contributed by atoms with Gasteiger partial charge < -0.3 is 25.8 Å². The number of anilines is 1. The van der Waals surface area contributed by atoms with Crippen molar-refractivity contribution in [3.8, 4) is 5.75 Å². The van der Waals surface area contributed by atoms with Gasteiger partial charge >= 0.3 is 0 Å². The highest BCUT2D eigenvalue weighted by Crippen LogP contribution is 2.29. The summed E-state index contributed by atoms with van der Waals surface area (Å²) in [6, 6.07) is 7.12. The van der Waals surface area contributed by atoms with Crippen LogP contribution in [0.15, 0.2) is 24.3 Å². The molecular weight excluding hydrogens is 310 g/mol. The minimum Gasteiger partial charge on any atom is -0.492 e. The number of hydrogen-bond donors (Lipinski definition) is 3. The van der Waals surface area contributed by atoms with Crippen LogP contribution in [-0.2, 0) is 14.3 Å². The SMILES string of the molecule is CC(=O)Nc1cccc(OCCNC(=O)C2(CN)CCOCC2)c1. The van der Waals surface area contributed by atoms with E-state index in [1.807, 2.05) is 0 Å². The summed E-state index contributed by atoms with van der Waals surface area (Å²) in [4.78, 5) is 23.4. The molecule has 0 bridgehead atoms. The van der Waals surface area contributed by atoms with Gasteiger partial charge in [-0.2, -0.15) is 0 Å². The molecule has 1 aliphatic heterocycles. The average Bonchev–Trinajstić information content (AvgIpc) is 2.59. The number of carbonyl (C=O) groups excluding carboxylic acids is 2. The molecule has 2 rings (SSSR count). The van der Waals surface area contributed by atoms with Crippen molar-refractivity contribution >= 4 is 17.5 Å². The minimum absolute atomic E-state index is 0.0381. The Morgan fingerprint density at radius 3 is 2.75 bits per heavy atom. The van der Waals surface area contributed by atoms with Crippen LogP contribution < -0.4 is 21.1 Å². The summed E-state index contributed by atoms with van der Waals surface area (Å²) < 4.78 is 10.9. The second kappa shape index (κ2) is 8.65. The first kappa shape index (κ1) is 18.2. The largest absolute Gasteiger partial charge is 0.492 e. The third-order valence-corrected chi connectivity index (χ3v) is 4.13. The summed E-state index contributed by atoms with van der Waals surface area (Å²) in [5, 5.41) is 5.59. The van der Waals surface area contributed by atoms with E-state index in [9.17, 15) is 9.59 Å². The first-order valence-electron chi connectivity index (χ1n) is 8.12. The van der Waals surface area contributed by atoms with Gasteiger partial charge in [-0.25, -0.2) is 0 Å². The second-order valence-corrected chi connectivity index (χ2v) is 5.91. The lowest BCUT2D eigenvalue weighted by Crippen LogP contribution is -2.49. The highest BCUT2D eigenvalue weighted by molar-refractivity contribution is 5.88. The Morgan fingerprint density at radius 1 is 1.33 bits per heavy atom. The Hall–Kier alpha value is -2.12. The molecule has 0 spiro atoms. The summed E-state index contributed by atoms with van der Waals surface area (Å²) in [5.41, 5.74) is 5.96. The molecule has 0 atom stereocenters. The molecule has 0 saturated carbocycles. The zero-order chi connectivity index (χ0) is 17.4. The van der Waals surface area contributed by atoms with Gasteiger partial charge in [-0.05, 0) is 25.0 Å². The fourth-order valence-electron chi connectivity index (χ4n) is 2.67. The molecule has 1 aromatic carbocycles. The molecule has 1 fully saturated rings. The Bertz CT molecular complexity index is 571. The van der Waals surface area contributed by atoms with E-state index in [1.165, 1.54) is 6.92 Å². The van der Waals surface area contributed by atoms with Crippen LogP contribution in [0.4, 0.5) is 5.69 Å². The standard InChI is InChI=1S/C17H25N3O4/c1-13(21)20-14-3-2-4-15(11-14)24-10-7-19-16(22)17(12-18)5-8-23-9-6-17/h2-4,11H,5-10,12,18H2,1H3,(H,19,22)(H,20,21). The Labute approximate surface area is 141 Å². The number of nitrogens with one attached hydrogen (secondary N) is 2. The van der Waals surface area contributed by atoms with Crippen LogP contribution in [0.2, 0.25) is 0 Å². The van der Waals surface area contributed by atoms with Crippen molar-refractivity contribution in [3.05, 3.63) is 24.3 Å². The number of benzene rings is 1.